The van der Waals surface area contributed by atoms with Gasteiger partial charge in [-0.2, -0.15) is 4.68 Å². The lowest BCUT2D eigenvalue weighted by Crippen LogP contribution is -2.31. The Morgan fingerprint density at radius 1 is 1.15 bits per heavy atom. The highest BCUT2D eigenvalue weighted by molar-refractivity contribution is 5.98. The van der Waals surface area contributed by atoms with Gasteiger partial charge in [0.05, 0.1) is 17.3 Å². The molecule has 2 aromatic carbocycles. The Bertz CT molecular complexity index is 1110. The third-order valence-electron chi connectivity index (χ3n) is 5.16. The Balaban J connectivity index is 1.48. The van der Waals surface area contributed by atoms with Gasteiger partial charge in [0.2, 0.25) is 0 Å². The molecular weight excluding hydrogens is 340 g/mol. The van der Waals surface area contributed by atoms with E-state index in [0.717, 1.165) is 30.5 Å². The van der Waals surface area contributed by atoms with Gasteiger partial charge >= 0.3 is 0 Å². The fraction of sp³-hybridized carbons (Fsp3) is 0.200. The summed E-state index contributed by atoms with van der Waals surface area (Å²) in [6.45, 7) is 0. The van der Waals surface area contributed by atoms with E-state index in [9.17, 15) is 4.79 Å². The predicted molar refractivity (Wildman–Crippen MR) is 101 cm³/mol. The van der Waals surface area contributed by atoms with Gasteiger partial charge in [-0.05, 0) is 53.5 Å². The molecular formula is C20H18N6O. The zero-order valence-corrected chi connectivity index (χ0v) is 14.6. The molecule has 134 valence electrons. The molecule has 0 spiro atoms. The highest BCUT2D eigenvalue weighted by Crippen LogP contribution is 2.34. The van der Waals surface area contributed by atoms with Crippen molar-refractivity contribution in [2.45, 2.75) is 25.3 Å². The Labute approximate surface area is 155 Å². The first kappa shape index (κ1) is 15.7. The topological polar surface area (TPSA) is 88.5 Å². The summed E-state index contributed by atoms with van der Waals surface area (Å²) in [6, 6.07) is 15.6. The van der Waals surface area contributed by atoms with Crippen molar-refractivity contribution in [3.05, 3.63) is 71.7 Å². The van der Waals surface area contributed by atoms with Crippen LogP contribution in [-0.2, 0) is 6.42 Å². The zero-order chi connectivity index (χ0) is 18.2. The van der Waals surface area contributed by atoms with E-state index in [-0.39, 0.29) is 11.9 Å². The van der Waals surface area contributed by atoms with Crippen LogP contribution in [0.15, 0.2) is 54.9 Å². The summed E-state index contributed by atoms with van der Waals surface area (Å²) in [6.07, 6.45) is 4.49. The fourth-order valence-electron chi connectivity index (χ4n) is 3.93. The average Bonchev–Trinajstić information content (AvgIpc) is 3.36. The van der Waals surface area contributed by atoms with Crippen molar-refractivity contribution in [1.29, 1.82) is 0 Å². The van der Waals surface area contributed by atoms with Gasteiger partial charge < -0.3 is 10.3 Å². The maximum absolute atomic E-state index is 13.0. The number of aromatic nitrogens is 5. The van der Waals surface area contributed by atoms with E-state index in [1.807, 2.05) is 24.3 Å². The first-order valence-electron chi connectivity index (χ1n) is 9.04. The minimum Gasteiger partial charge on any atom is -0.356 e. The molecule has 0 bridgehead atoms. The molecule has 0 saturated carbocycles. The highest BCUT2D eigenvalue weighted by Gasteiger charge is 2.26. The van der Waals surface area contributed by atoms with Gasteiger partial charge in [-0.1, -0.05) is 30.3 Å². The number of para-hydroxylation sites is 2. The number of amides is 1. The Morgan fingerprint density at radius 3 is 2.89 bits per heavy atom. The van der Waals surface area contributed by atoms with Gasteiger partial charge in [0.25, 0.3) is 5.91 Å². The first-order chi connectivity index (χ1) is 13.3. The molecule has 7 heteroatoms. The monoisotopic (exact) mass is 358 g/mol. The van der Waals surface area contributed by atoms with Gasteiger partial charge in [-0.25, -0.2) is 0 Å². The quantitative estimate of drug-likeness (QED) is 0.589. The third-order valence-corrected chi connectivity index (χ3v) is 5.16. The van der Waals surface area contributed by atoms with Gasteiger partial charge in [0.1, 0.15) is 6.33 Å². The van der Waals surface area contributed by atoms with Gasteiger partial charge in [-0.15, -0.1) is 5.10 Å². The number of carbonyl (C=O) groups is 1. The molecule has 4 aromatic rings. The molecule has 2 aromatic heterocycles. The highest BCUT2D eigenvalue weighted by atomic mass is 16.1. The van der Waals surface area contributed by atoms with Crippen LogP contribution in [0.2, 0.25) is 0 Å². The van der Waals surface area contributed by atoms with Crippen molar-refractivity contribution >= 4 is 16.8 Å². The second kappa shape index (κ2) is 6.35. The van der Waals surface area contributed by atoms with Gasteiger partial charge in [0, 0.05) is 16.6 Å². The summed E-state index contributed by atoms with van der Waals surface area (Å²) in [4.78, 5) is 16.6. The van der Waals surface area contributed by atoms with Crippen LogP contribution in [0.5, 0.6) is 0 Å². The van der Waals surface area contributed by atoms with E-state index in [1.54, 1.807) is 6.07 Å². The van der Waals surface area contributed by atoms with E-state index >= 15 is 0 Å². The molecule has 27 heavy (non-hydrogen) atoms. The van der Waals surface area contributed by atoms with Crippen LogP contribution in [0.1, 0.15) is 40.5 Å². The van der Waals surface area contributed by atoms with Crippen molar-refractivity contribution in [1.82, 2.24) is 30.5 Å². The molecule has 0 radical (unpaired) electrons. The van der Waals surface area contributed by atoms with Crippen molar-refractivity contribution in [3.8, 4) is 5.69 Å². The minimum absolute atomic E-state index is 0.0319. The van der Waals surface area contributed by atoms with E-state index in [1.165, 1.54) is 22.0 Å². The molecule has 1 aliphatic rings. The number of carbonyl (C=O) groups excluding carboxylic acids is 1. The van der Waals surface area contributed by atoms with Crippen LogP contribution in [0.4, 0.5) is 0 Å². The lowest BCUT2D eigenvalue weighted by molar-refractivity contribution is 0.0932. The molecule has 1 amide bonds. The van der Waals surface area contributed by atoms with Crippen LogP contribution in [-0.4, -0.2) is 31.1 Å². The summed E-state index contributed by atoms with van der Waals surface area (Å²) >= 11 is 0. The normalized spacial score (nSPS) is 16.2. The Kier molecular flexibility index (Phi) is 3.71. The molecule has 0 unspecified atom stereocenters. The number of H-pyrrole nitrogens is 1. The second-order valence-electron chi connectivity index (χ2n) is 6.75. The maximum Gasteiger partial charge on any atom is 0.254 e. The predicted octanol–water partition coefficient (Wildman–Crippen LogP) is 2.95. The average molecular weight is 358 g/mol. The van der Waals surface area contributed by atoms with Crippen LogP contribution in [0.25, 0.3) is 16.6 Å². The summed E-state index contributed by atoms with van der Waals surface area (Å²) in [5, 5.41) is 15.7. The number of nitrogens with one attached hydrogen (secondary N) is 2. The standard InChI is InChI=1S/C20H18N6O/c27-20(15-7-2-4-11-18(15)26-12-21-24-25-26)23-17-10-5-8-14-13-6-1-3-9-16(13)22-19(14)17/h1-4,6-7,9,11-12,17,22H,5,8,10H2,(H,23,27)/t17-/m1/s1. The number of hydrogen-bond acceptors (Lipinski definition) is 4. The smallest absolute Gasteiger partial charge is 0.254 e. The molecule has 0 fully saturated rings. The summed E-state index contributed by atoms with van der Waals surface area (Å²) in [5.41, 5.74) is 4.77. The summed E-state index contributed by atoms with van der Waals surface area (Å²) in [5.74, 6) is -0.127. The van der Waals surface area contributed by atoms with Crippen molar-refractivity contribution < 1.29 is 4.79 Å². The Hall–Kier alpha value is -3.48. The summed E-state index contributed by atoms with van der Waals surface area (Å²) in [7, 11) is 0. The van der Waals surface area contributed by atoms with Crippen molar-refractivity contribution in [2.75, 3.05) is 0 Å². The molecule has 1 aliphatic carbocycles. The molecule has 2 N–H and O–H groups in total. The second-order valence-corrected chi connectivity index (χ2v) is 6.75. The van der Waals surface area contributed by atoms with Crippen LogP contribution < -0.4 is 5.32 Å². The fourth-order valence-corrected chi connectivity index (χ4v) is 3.93. The molecule has 7 nitrogen and oxygen atoms in total. The zero-order valence-electron chi connectivity index (χ0n) is 14.6. The number of hydrogen-bond donors (Lipinski definition) is 2. The van der Waals surface area contributed by atoms with Crippen LogP contribution in [0, 0.1) is 0 Å². The third kappa shape index (κ3) is 2.68. The van der Waals surface area contributed by atoms with E-state index in [4.69, 9.17) is 0 Å². The van der Waals surface area contributed by atoms with E-state index in [0.29, 0.717) is 11.3 Å². The number of aromatic amines is 1. The number of benzene rings is 2. The molecule has 2 heterocycles. The molecule has 0 aliphatic heterocycles. The number of fused-ring (bicyclic) bond motifs is 3. The largest absolute Gasteiger partial charge is 0.356 e. The summed E-state index contributed by atoms with van der Waals surface area (Å²) < 4.78 is 1.50. The molecule has 1 atom stereocenters. The van der Waals surface area contributed by atoms with Crippen LogP contribution >= 0.6 is 0 Å². The first-order valence-corrected chi connectivity index (χ1v) is 9.04. The molecule has 5 rings (SSSR count). The van der Waals surface area contributed by atoms with Crippen molar-refractivity contribution in [3.63, 3.8) is 0 Å². The van der Waals surface area contributed by atoms with Gasteiger partial charge in [0.15, 0.2) is 0 Å². The number of rotatable bonds is 3. The van der Waals surface area contributed by atoms with Gasteiger partial charge in [-0.3, -0.25) is 4.79 Å². The number of tetrazole rings is 1. The Morgan fingerprint density at radius 2 is 2.00 bits per heavy atom. The van der Waals surface area contributed by atoms with Crippen LogP contribution in [0.3, 0.4) is 0 Å². The lowest BCUT2D eigenvalue weighted by Gasteiger charge is -2.24. The molecule has 0 saturated heterocycles. The number of aryl methyl sites for hydroxylation is 1. The minimum atomic E-state index is -0.127. The van der Waals surface area contributed by atoms with Crippen molar-refractivity contribution in [2.24, 2.45) is 0 Å². The maximum atomic E-state index is 13.0. The van der Waals surface area contributed by atoms with E-state index in [2.05, 4.69) is 44.0 Å². The number of nitrogens with zero attached hydrogens (tertiary/aromatic N) is 4. The lowest BCUT2D eigenvalue weighted by atomic mass is 9.91. The SMILES string of the molecule is O=C(N[C@@H]1CCCc2c1[nH]c1ccccc21)c1ccccc1-n1cnnn1. The van der Waals surface area contributed by atoms with E-state index < -0.39 is 0 Å².